The van der Waals surface area contributed by atoms with Crippen molar-refractivity contribution >= 4 is 5.97 Å². The molecule has 5 heteroatoms. The maximum atomic E-state index is 12.4. The Bertz CT molecular complexity index is 308. The average molecular weight is 196 g/mol. The smallest absolute Gasteiger partial charge is 0.309 e. The third-order valence-electron chi connectivity index (χ3n) is 1.49. The number of hydrogen-bond donors (Lipinski definition) is 0. The zero-order valence-corrected chi connectivity index (χ0v) is 7.61. The quantitative estimate of drug-likeness (QED) is 0.531. The molecular weight excluding hydrogens is 187 g/mol. The van der Waals surface area contributed by atoms with Gasteiger partial charge in [0, 0.05) is 10.8 Å². The van der Waals surface area contributed by atoms with Gasteiger partial charge in [-0.2, -0.15) is 0 Å². The van der Waals surface area contributed by atoms with Crippen molar-refractivity contribution < 1.29 is 13.9 Å². The molecule has 14 heavy (non-hydrogen) atoms. The van der Waals surface area contributed by atoms with Crippen LogP contribution in [0.1, 0.15) is 5.56 Å². The third-order valence-corrected chi connectivity index (χ3v) is 1.49. The van der Waals surface area contributed by atoms with Crippen molar-refractivity contribution in [2.75, 3.05) is 7.11 Å². The highest BCUT2D eigenvalue weighted by Gasteiger charge is 2.01. The van der Waals surface area contributed by atoms with E-state index < -0.39 is 0 Å². The minimum atomic E-state index is -0.318. The monoisotopic (exact) mass is 196 g/mol. The molecule has 0 aliphatic heterocycles. The summed E-state index contributed by atoms with van der Waals surface area (Å²) in [5.74, 6) is -0.620. The molecule has 4 nitrogen and oxygen atoms in total. The van der Waals surface area contributed by atoms with E-state index in [0.717, 1.165) is 5.56 Å². The standard InChI is InChI=1S/C9H9FO2.N2/c1-12-9(11)6-7-2-4-8(10)5-3-7;1-2/h2-5H,6H2,1H3;. The zero-order chi connectivity index (χ0) is 11.0. The molecule has 0 aromatic heterocycles. The largest absolute Gasteiger partial charge is 0.469 e. The summed E-state index contributed by atoms with van der Waals surface area (Å²) < 4.78 is 16.8. The second-order valence-electron chi connectivity index (χ2n) is 2.38. The van der Waals surface area contributed by atoms with Crippen molar-refractivity contribution in [3.05, 3.63) is 35.6 Å². The van der Waals surface area contributed by atoms with E-state index >= 15 is 0 Å². The summed E-state index contributed by atoms with van der Waals surface area (Å²) in [5, 5.41) is 12.0. The Morgan fingerprint density at radius 2 is 1.86 bits per heavy atom. The molecule has 1 rings (SSSR count). The van der Waals surface area contributed by atoms with Crippen LogP contribution in [0.15, 0.2) is 24.3 Å². The molecule has 0 radical (unpaired) electrons. The topological polar surface area (TPSA) is 73.9 Å². The van der Waals surface area contributed by atoms with Crippen molar-refractivity contribution in [1.29, 1.82) is 10.8 Å². The van der Waals surface area contributed by atoms with Gasteiger partial charge < -0.3 is 4.74 Å². The van der Waals surface area contributed by atoms with Crippen LogP contribution in [-0.4, -0.2) is 13.1 Å². The number of methoxy groups -OCH3 is 1. The molecule has 0 fully saturated rings. The number of rotatable bonds is 2. The lowest BCUT2D eigenvalue weighted by atomic mass is 10.1. The van der Waals surface area contributed by atoms with Crippen LogP contribution in [0.4, 0.5) is 4.39 Å². The van der Waals surface area contributed by atoms with Crippen LogP contribution in [-0.2, 0) is 16.0 Å². The van der Waals surface area contributed by atoms with Gasteiger partial charge in [-0.1, -0.05) is 12.1 Å². The molecule has 0 bridgehead atoms. The van der Waals surface area contributed by atoms with Gasteiger partial charge in [0.05, 0.1) is 13.5 Å². The first-order chi connectivity index (χ1) is 6.72. The first-order valence-electron chi connectivity index (χ1n) is 3.73. The molecule has 0 unspecified atom stereocenters. The lowest BCUT2D eigenvalue weighted by Crippen LogP contribution is -2.04. The van der Waals surface area contributed by atoms with Gasteiger partial charge in [0.2, 0.25) is 0 Å². The van der Waals surface area contributed by atoms with E-state index in [1.165, 1.54) is 19.2 Å². The summed E-state index contributed by atoms with van der Waals surface area (Å²) in [5.41, 5.74) is 0.753. The highest BCUT2D eigenvalue weighted by Crippen LogP contribution is 2.03. The fourth-order valence-electron chi connectivity index (χ4n) is 0.841. The number of carbonyl (C=O) groups is 1. The summed E-state index contributed by atoms with van der Waals surface area (Å²) >= 11 is 0. The van der Waals surface area contributed by atoms with E-state index in [9.17, 15) is 9.18 Å². The van der Waals surface area contributed by atoms with Crippen molar-refractivity contribution in [2.24, 2.45) is 0 Å². The van der Waals surface area contributed by atoms with E-state index in [2.05, 4.69) is 4.74 Å². The van der Waals surface area contributed by atoms with Gasteiger partial charge in [0.1, 0.15) is 5.82 Å². The Balaban J connectivity index is 0.000000791. The lowest BCUT2D eigenvalue weighted by molar-refractivity contribution is -0.139. The Morgan fingerprint density at radius 3 is 2.29 bits per heavy atom. The van der Waals surface area contributed by atoms with Crippen molar-refractivity contribution in [3.8, 4) is 0 Å². The van der Waals surface area contributed by atoms with Gasteiger partial charge >= 0.3 is 5.97 Å². The molecule has 0 saturated carbocycles. The van der Waals surface area contributed by atoms with Gasteiger partial charge in [-0.3, -0.25) is 4.79 Å². The normalized spacial score (nSPS) is 8.29. The number of esters is 1. The van der Waals surface area contributed by atoms with Crippen molar-refractivity contribution in [2.45, 2.75) is 6.42 Å². The number of halogens is 1. The summed E-state index contributed by atoms with van der Waals surface area (Å²) in [4.78, 5) is 10.8. The molecule has 74 valence electrons. The van der Waals surface area contributed by atoms with E-state index in [4.69, 9.17) is 10.8 Å². The maximum absolute atomic E-state index is 12.4. The number of hydrogen-bond acceptors (Lipinski definition) is 4. The van der Waals surface area contributed by atoms with Crippen LogP contribution in [0.25, 0.3) is 0 Å². The Kier molecular flexibility index (Phi) is 5.63. The van der Waals surface area contributed by atoms with E-state index in [1.807, 2.05) is 0 Å². The van der Waals surface area contributed by atoms with Crippen LogP contribution in [0, 0.1) is 16.6 Å². The Hall–Kier alpha value is -1.96. The highest BCUT2D eigenvalue weighted by atomic mass is 19.1. The number of nitrogens with zero attached hydrogens (tertiary/aromatic N) is 2. The van der Waals surface area contributed by atoms with Gasteiger partial charge in [-0.15, -0.1) is 0 Å². The average Bonchev–Trinajstić information content (AvgIpc) is 2.24. The summed E-state index contributed by atoms with van der Waals surface area (Å²) in [6.45, 7) is 0. The van der Waals surface area contributed by atoms with Crippen LogP contribution < -0.4 is 0 Å². The fourth-order valence-corrected chi connectivity index (χ4v) is 0.841. The lowest BCUT2D eigenvalue weighted by Gasteiger charge is -1.98. The van der Waals surface area contributed by atoms with E-state index in [0.29, 0.717) is 0 Å². The Morgan fingerprint density at radius 1 is 1.36 bits per heavy atom. The minimum Gasteiger partial charge on any atom is -0.469 e. The molecule has 1 aromatic rings. The third kappa shape index (κ3) is 4.16. The highest BCUT2D eigenvalue weighted by molar-refractivity contribution is 5.72. The molecule has 1 aromatic carbocycles. The molecule has 0 heterocycles. The number of ether oxygens (including phenoxy) is 1. The predicted octanol–water partition coefficient (Wildman–Crippen LogP) is 1.57. The van der Waals surface area contributed by atoms with Gasteiger partial charge in [-0.25, -0.2) is 4.39 Å². The second kappa shape index (κ2) is 6.54. The summed E-state index contributed by atoms with van der Waals surface area (Å²) in [7, 11) is 1.33. The molecule has 0 atom stereocenters. The van der Waals surface area contributed by atoms with Gasteiger partial charge in [0.15, 0.2) is 0 Å². The predicted molar refractivity (Wildman–Crippen MR) is 45.6 cm³/mol. The van der Waals surface area contributed by atoms with Crippen LogP contribution in [0.2, 0.25) is 0 Å². The molecule has 0 saturated heterocycles. The van der Waals surface area contributed by atoms with Crippen LogP contribution in [0.3, 0.4) is 0 Å². The molecule has 0 aliphatic rings. The molecule has 0 aliphatic carbocycles. The number of benzene rings is 1. The van der Waals surface area contributed by atoms with E-state index in [1.54, 1.807) is 12.1 Å². The van der Waals surface area contributed by atoms with E-state index in [-0.39, 0.29) is 18.2 Å². The Labute approximate surface area is 80.7 Å². The summed E-state index contributed by atoms with van der Waals surface area (Å²) in [6.07, 6.45) is 0.191. The zero-order valence-electron chi connectivity index (χ0n) is 7.61. The first kappa shape index (κ1) is 12.0. The second-order valence-corrected chi connectivity index (χ2v) is 2.38. The fraction of sp³-hybridized carbons (Fsp3) is 0.222. The first-order valence-corrected chi connectivity index (χ1v) is 3.73. The van der Waals surface area contributed by atoms with Crippen molar-refractivity contribution in [1.82, 2.24) is 0 Å². The number of carbonyl (C=O) groups excluding carboxylic acids is 1. The molecular formula is C9H9FN2O2. The maximum Gasteiger partial charge on any atom is 0.309 e. The van der Waals surface area contributed by atoms with Crippen LogP contribution >= 0.6 is 0 Å². The van der Waals surface area contributed by atoms with Gasteiger partial charge in [-0.05, 0) is 17.7 Å². The molecule has 0 N–H and O–H groups in total. The van der Waals surface area contributed by atoms with Crippen molar-refractivity contribution in [3.63, 3.8) is 0 Å². The molecule has 0 spiro atoms. The molecule has 0 amide bonds. The van der Waals surface area contributed by atoms with Gasteiger partial charge in [0.25, 0.3) is 0 Å². The summed E-state index contributed by atoms with van der Waals surface area (Å²) in [6, 6.07) is 5.76. The SMILES string of the molecule is COC(=O)Cc1ccc(F)cc1.N#N. The minimum absolute atomic E-state index is 0.191. The van der Waals surface area contributed by atoms with Crippen LogP contribution in [0.5, 0.6) is 0 Å².